The number of nitrogens with zero attached hydrogens (tertiary/aromatic N) is 7. The number of hydrogen-bond acceptors (Lipinski definition) is 6. The minimum Gasteiger partial charge on any atom is -0.483 e. The summed E-state index contributed by atoms with van der Waals surface area (Å²) in [5, 5.41) is 20.2. The van der Waals surface area contributed by atoms with Crippen molar-refractivity contribution in [1.29, 1.82) is 0 Å². The Morgan fingerprint density at radius 2 is 1.84 bits per heavy atom. The zero-order valence-electron chi connectivity index (χ0n) is 17.8. The third-order valence-electron chi connectivity index (χ3n) is 7.21. The van der Waals surface area contributed by atoms with Gasteiger partial charge < -0.3 is 9.67 Å². The second-order valence-electron chi connectivity index (χ2n) is 9.43. The van der Waals surface area contributed by atoms with Gasteiger partial charge >= 0.3 is 0 Å². The molecule has 3 aromatic rings. The minimum atomic E-state index is -0.250. The molecule has 0 radical (unpaired) electrons. The highest BCUT2D eigenvalue weighted by Gasteiger charge is 2.60. The van der Waals surface area contributed by atoms with Crippen LogP contribution < -0.4 is 0 Å². The molecular formula is C22H27N7O2. The van der Waals surface area contributed by atoms with Gasteiger partial charge in [0.1, 0.15) is 5.69 Å². The molecule has 1 N–H and O–H groups in total. The Labute approximate surface area is 180 Å². The first kappa shape index (κ1) is 19.8. The van der Waals surface area contributed by atoms with E-state index >= 15 is 0 Å². The largest absolute Gasteiger partial charge is 0.483 e. The molecule has 4 aliphatic rings. The molecule has 7 rings (SSSR count). The molecule has 2 unspecified atom stereocenters. The summed E-state index contributed by atoms with van der Waals surface area (Å²) in [5.41, 5.74) is 2.05. The van der Waals surface area contributed by atoms with E-state index in [0.29, 0.717) is 11.8 Å². The predicted octanol–water partition coefficient (Wildman–Crippen LogP) is 2.95. The number of carboxylic acid groups (broad SMARTS) is 1. The predicted molar refractivity (Wildman–Crippen MR) is 112 cm³/mol. The molecule has 4 fully saturated rings. The van der Waals surface area contributed by atoms with Crippen LogP contribution in [0.1, 0.15) is 50.0 Å². The van der Waals surface area contributed by atoms with Gasteiger partial charge in [-0.05, 0) is 81.6 Å². The Morgan fingerprint density at radius 3 is 2.48 bits per heavy atom. The van der Waals surface area contributed by atoms with Gasteiger partial charge in [0, 0.05) is 23.6 Å². The smallest absolute Gasteiger partial charge is 0.290 e. The van der Waals surface area contributed by atoms with E-state index in [1.807, 2.05) is 30.9 Å². The summed E-state index contributed by atoms with van der Waals surface area (Å²) in [6, 6.07) is 6.18. The molecule has 4 saturated carbocycles. The van der Waals surface area contributed by atoms with Crippen LogP contribution in [0.2, 0.25) is 0 Å². The zero-order valence-corrected chi connectivity index (χ0v) is 17.8. The maximum absolute atomic E-state index is 8.36. The van der Waals surface area contributed by atoms with E-state index in [-0.39, 0.29) is 17.6 Å². The van der Waals surface area contributed by atoms with Crippen molar-refractivity contribution < 1.29 is 9.90 Å². The molecule has 0 saturated heterocycles. The van der Waals surface area contributed by atoms with Crippen LogP contribution >= 0.6 is 0 Å². The molecule has 0 amide bonds. The Kier molecular flexibility index (Phi) is 4.64. The second-order valence-corrected chi connectivity index (χ2v) is 9.43. The van der Waals surface area contributed by atoms with Crippen molar-refractivity contribution in [3.05, 3.63) is 42.1 Å². The third-order valence-corrected chi connectivity index (χ3v) is 7.21. The molecule has 3 heterocycles. The normalized spacial score (nSPS) is 30.6. The van der Waals surface area contributed by atoms with E-state index in [9.17, 15) is 0 Å². The average molecular weight is 422 g/mol. The van der Waals surface area contributed by atoms with Gasteiger partial charge in [0.05, 0.1) is 5.54 Å². The second kappa shape index (κ2) is 7.25. The standard InChI is InChI=1S/C21H25N7.CH2O2/c1-14-4-3-5-18(23-14)19-22-6-7-27(19)20-9-16-8-17(10-20)12-21(11-16,13-20)28-25-15(2)24-26-28;2-1-3/h3-7,16-17H,8-13H2,1-2H3;1H,(H,2,3). The molecule has 3 aromatic heterocycles. The third kappa shape index (κ3) is 3.23. The highest BCUT2D eigenvalue weighted by Crippen LogP contribution is 2.63. The summed E-state index contributed by atoms with van der Waals surface area (Å²) in [6.07, 6.45) is 11.3. The summed E-state index contributed by atoms with van der Waals surface area (Å²) in [4.78, 5) is 19.8. The lowest BCUT2D eigenvalue weighted by Crippen LogP contribution is -2.60. The van der Waals surface area contributed by atoms with Gasteiger partial charge in [-0.2, -0.15) is 4.80 Å². The summed E-state index contributed by atoms with van der Waals surface area (Å²) in [6.45, 7) is 3.71. The lowest BCUT2D eigenvalue weighted by atomic mass is 9.50. The van der Waals surface area contributed by atoms with Crippen molar-refractivity contribution in [2.45, 2.75) is 63.5 Å². The molecule has 0 spiro atoms. The van der Waals surface area contributed by atoms with Crippen molar-refractivity contribution in [1.82, 2.24) is 34.7 Å². The van der Waals surface area contributed by atoms with Crippen LogP contribution in [0.4, 0.5) is 0 Å². The van der Waals surface area contributed by atoms with Gasteiger partial charge in [-0.15, -0.1) is 10.2 Å². The molecule has 0 aliphatic heterocycles. The summed E-state index contributed by atoms with van der Waals surface area (Å²) >= 11 is 0. The van der Waals surface area contributed by atoms with Crippen molar-refractivity contribution in [3.63, 3.8) is 0 Å². The first-order valence-electron chi connectivity index (χ1n) is 10.8. The molecule has 0 aromatic carbocycles. The SMILES string of the molecule is Cc1cccc(-c2nccn2C23CC4CC(CC(n5nnc(C)n5)(C4)C2)C3)n1.O=CO. The molecule has 4 aliphatic carbocycles. The van der Waals surface area contributed by atoms with Gasteiger partial charge in [-0.3, -0.25) is 4.79 Å². The van der Waals surface area contributed by atoms with Crippen LogP contribution in [0.15, 0.2) is 30.6 Å². The van der Waals surface area contributed by atoms with Crippen LogP contribution in [-0.4, -0.2) is 46.3 Å². The van der Waals surface area contributed by atoms with E-state index in [1.165, 1.54) is 32.1 Å². The Morgan fingerprint density at radius 1 is 1.13 bits per heavy atom. The Bertz CT molecular complexity index is 1090. The number of pyridine rings is 1. The molecule has 4 bridgehead atoms. The first-order valence-corrected chi connectivity index (χ1v) is 10.8. The van der Waals surface area contributed by atoms with E-state index in [2.05, 4.69) is 38.3 Å². The van der Waals surface area contributed by atoms with Gasteiger partial charge in [-0.25, -0.2) is 9.97 Å². The Balaban J connectivity index is 0.000000646. The number of aryl methyl sites for hydroxylation is 2. The topological polar surface area (TPSA) is 112 Å². The Hall–Kier alpha value is -3.10. The van der Waals surface area contributed by atoms with E-state index in [4.69, 9.17) is 19.9 Å². The van der Waals surface area contributed by atoms with Crippen LogP contribution in [0.3, 0.4) is 0 Å². The van der Waals surface area contributed by atoms with Crippen LogP contribution in [0.5, 0.6) is 0 Å². The zero-order chi connectivity index (χ0) is 21.6. The van der Waals surface area contributed by atoms with Gasteiger partial charge in [0.25, 0.3) is 6.47 Å². The maximum atomic E-state index is 8.36. The van der Waals surface area contributed by atoms with Crippen molar-refractivity contribution >= 4 is 6.47 Å². The van der Waals surface area contributed by atoms with Crippen molar-refractivity contribution in [3.8, 4) is 11.5 Å². The molecule has 9 nitrogen and oxygen atoms in total. The molecule has 31 heavy (non-hydrogen) atoms. The fraction of sp³-hybridized carbons (Fsp3) is 0.545. The molecular weight excluding hydrogens is 394 g/mol. The lowest BCUT2D eigenvalue weighted by Gasteiger charge is -2.61. The number of hydrogen-bond donors (Lipinski definition) is 1. The van der Waals surface area contributed by atoms with E-state index in [0.717, 1.165) is 29.5 Å². The number of imidazole rings is 1. The average Bonchev–Trinajstić information content (AvgIpc) is 3.37. The number of tetrazole rings is 1. The quantitative estimate of drug-likeness (QED) is 0.647. The van der Waals surface area contributed by atoms with Crippen LogP contribution in [0, 0.1) is 25.7 Å². The highest BCUT2D eigenvalue weighted by molar-refractivity contribution is 5.50. The number of rotatable bonds is 3. The van der Waals surface area contributed by atoms with Crippen LogP contribution in [-0.2, 0) is 15.9 Å². The van der Waals surface area contributed by atoms with Crippen LogP contribution in [0.25, 0.3) is 11.5 Å². The molecule has 9 heteroatoms. The number of carbonyl (C=O) groups is 1. The van der Waals surface area contributed by atoms with Gasteiger partial charge in [-0.1, -0.05) is 6.07 Å². The first-order chi connectivity index (χ1) is 15.0. The van der Waals surface area contributed by atoms with E-state index < -0.39 is 0 Å². The van der Waals surface area contributed by atoms with Gasteiger partial charge in [0.15, 0.2) is 11.6 Å². The monoisotopic (exact) mass is 421 g/mol. The fourth-order valence-electron chi connectivity index (χ4n) is 6.71. The lowest BCUT2D eigenvalue weighted by molar-refractivity contribution is -0.122. The highest BCUT2D eigenvalue weighted by atomic mass is 16.3. The summed E-state index contributed by atoms with van der Waals surface area (Å²) in [7, 11) is 0. The summed E-state index contributed by atoms with van der Waals surface area (Å²) in [5.74, 6) is 3.18. The van der Waals surface area contributed by atoms with Gasteiger partial charge in [0.2, 0.25) is 0 Å². The molecule has 162 valence electrons. The fourth-order valence-corrected chi connectivity index (χ4v) is 6.71. The number of aromatic nitrogens is 7. The maximum Gasteiger partial charge on any atom is 0.290 e. The minimum absolute atomic E-state index is 0.00703. The molecule has 2 atom stereocenters. The van der Waals surface area contributed by atoms with E-state index in [1.54, 1.807) is 0 Å². The summed E-state index contributed by atoms with van der Waals surface area (Å²) < 4.78 is 2.44. The van der Waals surface area contributed by atoms with Crippen molar-refractivity contribution in [2.24, 2.45) is 11.8 Å². The van der Waals surface area contributed by atoms with Crippen molar-refractivity contribution in [2.75, 3.05) is 0 Å².